The lowest BCUT2D eigenvalue weighted by Crippen LogP contribution is -2.43. The van der Waals surface area contributed by atoms with Gasteiger partial charge in [0.1, 0.15) is 6.04 Å². The van der Waals surface area contributed by atoms with Crippen molar-refractivity contribution in [1.29, 1.82) is 0 Å². The number of carbonyl (C=O) groups excluding carboxylic acids is 1. The first kappa shape index (κ1) is 11.7. The quantitative estimate of drug-likeness (QED) is 0.726. The molecule has 0 aromatic heterocycles. The molecular weight excluding hydrogens is 212 g/mol. The zero-order valence-corrected chi connectivity index (χ0v) is 10.4. The highest BCUT2D eigenvalue weighted by Gasteiger charge is 2.28. The number of carbonyl (C=O) groups is 1. The summed E-state index contributed by atoms with van der Waals surface area (Å²) in [6.07, 6.45) is 1.78. The fourth-order valence-corrected chi connectivity index (χ4v) is 2.22. The SMILES string of the molecule is C=CCN1Cc2ccccc2N(C)[C@@H](C)C1=O. The summed E-state index contributed by atoms with van der Waals surface area (Å²) < 4.78 is 0. The third-order valence-corrected chi connectivity index (χ3v) is 3.33. The van der Waals surface area contributed by atoms with Crippen LogP contribution in [0.1, 0.15) is 12.5 Å². The molecule has 1 amide bonds. The van der Waals surface area contributed by atoms with Crippen molar-refractivity contribution in [3.63, 3.8) is 0 Å². The third kappa shape index (κ3) is 2.05. The van der Waals surface area contributed by atoms with E-state index in [1.807, 2.05) is 35.9 Å². The van der Waals surface area contributed by atoms with E-state index in [0.717, 1.165) is 5.69 Å². The molecule has 0 saturated heterocycles. The summed E-state index contributed by atoms with van der Waals surface area (Å²) in [6.45, 7) is 6.92. The Bertz CT molecular complexity index is 442. The zero-order valence-electron chi connectivity index (χ0n) is 10.4. The second-order valence-electron chi connectivity index (χ2n) is 4.42. The van der Waals surface area contributed by atoms with Crippen LogP contribution in [0.15, 0.2) is 36.9 Å². The van der Waals surface area contributed by atoms with Crippen LogP contribution in [0.25, 0.3) is 0 Å². The van der Waals surface area contributed by atoms with Crippen LogP contribution >= 0.6 is 0 Å². The molecule has 0 radical (unpaired) electrons. The van der Waals surface area contributed by atoms with Crippen molar-refractivity contribution >= 4 is 11.6 Å². The fourth-order valence-electron chi connectivity index (χ4n) is 2.22. The molecule has 3 heteroatoms. The molecule has 1 aliphatic heterocycles. The van der Waals surface area contributed by atoms with Crippen molar-refractivity contribution in [1.82, 2.24) is 4.90 Å². The Balaban J connectivity index is 2.42. The van der Waals surface area contributed by atoms with Crippen LogP contribution in [0, 0.1) is 0 Å². The van der Waals surface area contributed by atoms with Gasteiger partial charge in [-0.3, -0.25) is 4.79 Å². The zero-order chi connectivity index (χ0) is 12.4. The third-order valence-electron chi connectivity index (χ3n) is 3.33. The number of anilines is 1. The Morgan fingerprint density at radius 3 is 2.88 bits per heavy atom. The van der Waals surface area contributed by atoms with Gasteiger partial charge in [0.15, 0.2) is 0 Å². The van der Waals surface area contributed by atoms with Gasteiger partial charge in [-0.1, -0.05) is 24.3 Å². The van der Waals surface area contributed by atoms with E-state index in [-0.39, 0.29) is 11.9 Å². The molecule has 0 spiro atoms. The lowest BCUT2D eigenvalue weighted by Gasteiger charge is -2.26. The number of para-hydroxylation sites is 1. The first-order chi connectivity index (χ1) is 8.15. The van der Waals surface area contributed by atoms with E-state index in [1.54, 1.807) is 6.08 Å². The number of amides is 1. The number of fused-ring (bicyclic) bond motifs is 1. The maximum absolute atomic E-state index is 12.3. The van der Waals surface area contributed by atoms with Gasteiger partial charge >= 0.3 is 0 Å². The van der Waals surface area contributed by atoms with E-state index < -0.39 is 0 Å². The van der Waals surface area contributed by atoms with Crippen molar-refractivity contribution in [3.8, 4) is 0 Å². The molecule has 1 heterocycles. The van der Waals surface area contributed by atoms with E-state index in [1.165, 1.54) is 5.56 Å². The maximum Gasteiger partial charge on any atom is 0.245 e. The van der Waals surface area contributed by atoms with E-state index >= 15 is 0 Å². The van der Waals surface area contributed by atoms with Crippen LogP contribution in [0.3, 0.4) is 0 Å². The average molecular weight is 230 g/mol. The molecule has 1 aliphatic rings. The summed E-state index contributed by atoms with van der Waals surface area (Å²) in [4.78, 5) is 16.1. The Labute approximate surface area is 102 Å². The van der Waals surface area contributed by atoms with Gasteiger partial charge in [-0.15, -0.1) is 6.58 Å². The molecule has 17 heavy (non-hydrogen) atoms. The van der Waals surface area contributed by atoms with Crippen molar-refractivity contribution < 1.29 is 4.79 Å². The summed E-state index contributed by atoms with van der Waals surface area (Å²) >= 11 is 0. The molecule has 1 atom stereocenters. The van der Waals surface area contributed by atoms with Crippen LogP contribution < -0.4 is 4.90 Å². The maximum atomic E-state index is 12.3. The highest BCUT2D eigenvalue weighted by molar-refractivity contribution is 5.86. The van der Waals surface area contributed by atoms with Gasteiger partial charge < -0.3 is 9.80 Å². The molecule has 3 nitrogen and oxygen atoms in total. The van der Waals surface area contributed by atoms with E-state index in [2.05, 4.69) is 18.7 Å². The summed E-state index contributed by atoms with van der Waals surface area (Å²) in [5.74, 6) is 0.156. The van der Waals surface area contributed by atoms with Crippen LogP contribution in [0.2, 0.25) is 0 Å². The smallest absolute Gasteiger partial charge is 0.245 e. The second-order valence-corrected chi connectivity index (χ2v) is 4.42. The highest BCUT2D eigenvalue weighted by Crippen LogP contribution is 2.26. The number of nitrogens with zero attached hydrogens (tertiary/aromatic N) is 2. The first-order valence-electron chi connectivity index (χ1n) is 5.85. The molecule has 1 aromatic carbocycles. The summed E-state index contributed by atoms with van der Waals surface area (Å²) in [7, 11) is 1.97. The summed E-state index contributed by atoms with van der Waals surface area (Å²) in [5.41, 5.74) is 2.33. The molecular formula is C14H18N2O. The molecule has 0 bridgehead atoms. The minimum atomic E-state index is -0.126. The van der Waals surface area contributed by atoms with Gasteiger partial charge in [-0.25, -0.2) is 0 Å². The lowest BCUT2D eigenvalue weighted by molar-refractivity contribution is -0.131. The van der Waals surface area contributed by atoms with Crippen LogP contribution in [-0.4, -0.2) is 30.4 Å². The highest BCUT2D eigenvalue weighted by atomic mass is 16.2. The minimum absolute atomic E-state index is 0.126. The van der Waals surface area contributed by atoms with Crippen molar-refractivity contribution in [2.45, 2.75) is 19.5 Å². The van der Waals surface area contributed by atoms with Gasteiger partial charge in [0.05, 0.1) is 0 Å². The molecule has 0 unspecified atom stereocenters. The van der Waals surface area contributed by atoms with Gasteiger partial charge in [0.25, 0.3) is 0 Å². The van der Waals surface area contributed by atoms with Crippen molar-refractivity contribution in [2.24, 2.45) is 0 Å². The van der Waals surface area contributed by atoms with Crippen LogP contribution in [0.5, 0.6) is 0 Å². The lowest BCUT2D eigenvalue weighted by atomic mass is 10.1. The Morgan fingerprint density at radius 1 is 1.47 bits per heavy atom. The number of hydrogen-bond acceptors (Lipinski definition) is 2. The standard InChI is InChI=1S/C14H18N2O/c1-4-9-16-10-12-7-5-6-8-13(12)15(3)11(2)14(16)17/h4-8,11H,1,9-10H2,2-3H3/t11-/m0/s1. The van der Waals surface area contributed by atoms with Crippen LogP contribution in [-0.2, 0) is 11.3 Å². The van der Waals surface area contributed by atoms with Crippen molar-refractivity contribution in [3.05, 3.63) is 42.5 Å². The summed E-state index contributed by atoms with van der Waals surface area (Å²) in [6, 6.07) is 8.04. The number of rotatable bonds is 2. The van der Waals surface area contributed by atoms with E-state index in [9.17, 15) is 4.79 Å². The van der Waals surface area contributed by atoms with Crippen molar-refractivity contribution in [2.75, 3.05) is 18.5 Å². The molecule has 0 aliphatic carbocycles. The number of benzene rings is 1. The van der Waals surface area contributed by atoms with Crippen LogP contribution in [0.4, 0.5) is 5.69 Å². The van der Waals surface area contributed by atoms with Gasteiger partial charge in [-0.2, -0.15) is 0 Å². The molecule has 0 fully saturated rings. The van der Waals surface area contributed by atoms with E-state index in [0.29, 0.717) is 13.1 Å². The molecule has 0 saturated carbocycles. The normalized spacial score (nSPS) is 19.9. The first-order valence-corrected chi connectivity index (χ1v) is 5.85. The Hall–Kier alpha value is -1.77. The topological polar surface area (TPSA) is 23.6 Å². The number of likely N-dealkylation sites (N-methyl/N-ethyl adjacent to an activating group) is 1. The predicted octanol–water partition coefficient (Wildman–Crippen LogP) is 2.04. The molecule has 2 rings (SSSR count). The van der Waals surface area contributed by atoms with E-state index in [4.69, 9.17) is 0 Å². The summed E-state index contributed by atoms with van der Waals surface area (Å²) in [5, 5.41) is 0. The molecule has 1 aromatic rings. The minimum Gasteiger partial charge on any atom is -0.363 e. The fraction of sp³-hybridized carbons (Fsp3) is 0.357. The second kappa shape index (κ2) is 4.62. The Morgan fingerprint density at radius 2 is 2.18 bits per heavy atom. The monoisotopic (exact) mass is 230 g/mol. The van der Waals surface area contributed by atoms with Gasteiger partial charge in [0, 0.05) is 25.8 Å². The predicted molar refractivity (Wildman–Crippen MR) is 69.9 cm³/mol. The number of hydrogen-bond donors (Lipinski definition) is 0. The Kier molecular flexibility index (Phi) is 3.18. The molecule has 90 valence electrons. The largest absolute Gasteiger partial charge is 0.363 e. The average Bonchev–Trinajstić information content (AvgIpc) is 2.43. The van der Waals surface area contributed by atoms with Gasteiger partial charge in [0.2, 0.25) is 5.91 Å². The molecule has 0 N–H and O–H groups in total. The van der Waals surface area contributed by atoms with Gasteiger partial charge in [-0.05, 0) is 18.6 Å².